The van der Waals surface area contributed by atoms with E-state index in [4.69, 9.17) is 5.26 Å². The van der Waals surface area contributed by atoms with Crippen molar-refractivity contribution in [3.63, 3.8) is 0 Å². The van der Waals surface area contributed by atoms with Gasteiger partial charge in [-0.05, 0) is 24.8 Å². The Hall–Kier alpha value is -1.30. The molecule has 0 spiro atoms. The lowest BCUT2D eigenvalue weighted by Gasteiger charge is -1.99. The van der Waals surface area contributed by atoms with Gasteiger partial charge in [-0.2, -0.15) is 5.26 Å². The zero-order valence-electron chi connectivity index (χ0n) is 7.04. The molecule has 12 heavy (non-hydrogen) atoms. The number of hydrogen-bond donors (Lipinski definition) is 0. The molecule has 1 atom stereocenters. The molecule has 1 saturated carbocycles. The Balaban J connectivity index is 2.68. The van der Waals surface area contributed by atoms with Crippen LogP contribution in [0.4, 0.5) is 0 Å². The van der Waals surface area contributed by atoms with Gasteiger partial charge in [-0.25, -0.2) is 4.79 Å². The summed E-state index contributed by atoms with van der Waals surface area (Å²) in [6, 6.07) is 2.17. The normalized spacial score (nSPS) is 25.3. The smallest absolute Gasteiger partial charge is 0.330 e. The van der Waals surface area contributed by atoms with Gasteiger partial charge in [-0.3, -0.25) is 0 Å². The van der Waals surface area contributed by atoms with Gasteiger partial charge in [0.2, 0.25) is 0 Å². The molecule has 3 heteroatoms. The Kier molecular flexibility index (Phi) is 2.87. The maximum Gasteiger partial charge on any atom is 0.330 e. The van der Waals surface area contributed by atoms with Crippen LogP contribution in [0.15, 0.2) is 11.6 Å². The van der Waals surface area contributed by atoms with Crippen molar-refractivity contribution in [1.82, 2.24) is 0 Å². The van der Waals surface area contributed by atoms with Crippen molar-refractivity contribution in [2.45, 2.75) is 19.3 Å². The van der Waals surface area contributed by atoms with Crippen molar-refractivity contribution in [3.05, 3.63) is 11.6 Å². The van der Waals surface area contributed by atoms with E-state index in [2.05, 4.69) is 10.8 Å². The van der Waals surface area contributed by atoms with Gasteiger partial charge in [0.1, 0.15) is 0 Å². The third-order valence-corrected chi connectivity index (χ3v) is 2.07. The van der Waals surface area contributed by atoms with Gasteiger partial charge in [0.15, 0.2) is 0 Å². The standard InChI is InChI=1S/C9H11NO2/c1-12-9(11)5-7-3-2-4-8(7)6-10/h5,8H,2-4H2,1H3. The minimum atomic E-state index is -0.354. The molecular formula is C9H11NO2. The zero-order valence-corrected chi connectivity index (χ0v) is 7.04. The van der Waals surface area contributed by atoms with Crippen LogP contribution in [0.1, 0.15) is 19.3 Å². The molecule has 0 amide bonds. The van der Waals surface area contributed by atoms with Crippen LogP contribution in [0, 0.1) is 17.2 Å². The number of methoxy groups -OCH3 is 1. The van der Waals surface area contributed by atoms with E-state index >= 15 is 0 Å². The van der Waals surface area contributed by atoms with Crippen LogP contribution < -0.4 is 0 Å². The predicted molar refractivity (Wildman–Crippen MR) is 43.1 cm³/mol. The maximum atomic E-state index is 10.8. The maximum absolute atomic E-state index is 10.8. The monoisotopic (exact) mass is 165 g/mol. The summed E-state index contributed by atoms with van der Waals surface area (Å²) in [6.07, 6.45) is 4.18. The lowest BCUT2D eigenvalue weighted by atomic mass is 10.0. The summed E-state index contributed by atoms with van der Waals surface area (Å²) < 4.78 is 4.48. The minimum absolute atomic E-state index is 0.0656. The van der Waals surface area contributed by atoms with Crippen LogP contribution in [0.3, 0.4) is 0 Å². The molecule has 1 unspecified atom stereocenters. The second-order valence-corrected chi connectivity index (χ2v) is 2.82. The number of carbonyl (C=O) groups is 1. The van der Waals surface area contributed by atoms with Crippen molar-refractivity contribution < 1.29 is 9.53 Å². The van der Waals surface area contributed by atoms with E-state index in [0.29, 0.717) is 0 Å². The van der Waals surface area contributed by atoms with Crippen LogP contribution in [0.5, 0.6) is 0 Å². The lowest BCUT2D eigenvalue weighted by molar-refractivity contribution is -0.134. The Morgan fingerprint density at radius 3 is 3.17 bits per heavy atom. The van der Waals surface area contributed by atoms with E-state index in [0.717, 1.165) is 24.8 Å². The first-order valence-corrected chi connectivity index (χ1v) is 3.96. The van der Waals surface area contributed by atoms with Gasteiger partial charge in [-0.15, -0.1) is 0 Å². The van der Waals surface area contributed by atoms with Crippen molar-refractivity contribution in [2.75, 3.05) is 7.11 Å². The molecule has 64 valence electrons. The van der Waals surface area contributed by atoms with E-state index in [1.807, 2.05) is 0 Å². The molecule has 3 nitrogen and oxygen atoms in total. The zero-order chi connectivity index (χ0) is 8.97. The average molecular weight is 165 g/mol. The van der Waals surface area contributed by atoms with E-state index < -0.39 is 0 Å². The van der Waals surface area contributed by atoms with Gasteiger partial charge < -0.3 is 4.74 Å². The molecule has 0 N–H and O–H groups in total. The first-order valence-electron chi connectivity index (χ1n) is 3.96. The van der Waals surface area contributed by atoms with Crippen LogP contribution in [0.2, 0.25) is 0 Å². The largest absolute Gasteiger partial charge is 0.466 e. The van der Waals surface area contributed by atoms with E-state index in [-0.39, 0.29) is 11.9 Å². The van der Waals surface area contributed by atoms with Gasteiger partial charge in [-0.1, -0.05) is 0 Å². The molecule has 0 heterocycles. The number of nitrogens with zero attached hydrogens (tertiary/aromatic N) is 1. The summed E-state index contributed by atoms with van der Waals surface area (Å²) in [4.78, 5) is 10.8. The van der Waals surface area contributed by atoms with Gasteiger partial charge in [0, 0.05) is 6.08 Å². The van der Waals surface area contributed by atoms with Gasteiger partial charge in [0.05, 0.1) is 19.1 Å². The molecule has 1 fully saturated rings. The minimum Gasteiger partial charge on any atom is -0.466 e. The lowest BCUT2D eigenvalue weighted by Crippen LogP contribution is -1.99. The molecule has 0 aromatic carbocycles. The Labute approximate surface area is 71.6 Å². The number of hydrogen-bond acceptors (Lipinski definition) is 3. The average Bonchev–Trinajstić information content (AvgIpc) is 2.51. The van der Waals surface area contributed by atoms with Crippen LogP contribution in [-0.2, 0) is 9.53 Å². The highest BCUT2D eigenvalue weighted by Gasteiger charge is 2.20. The number of carbonyl (C=O) groups excluding carboxylic acids is 1. The summed E-state index contributed by atoms with van der Waals surface area (Å²) in [7, 11) is 1.34. The summed E-state index contributed by atoms with van der Waals surface area (Å²) >= 11 is 0. The second kappa shape index (κ2) is 3.91. The third kappa shape index (κ3) is 1.85. The number of ether oxygens (including phenoxy) is 1. The summed E-state index contributed by atoms with van der Waals surface area (Å²) in [5.74, 6) is -0.420. The van der Waals surface area contributed by atoms with Crippen molar-refractivity contribution in [2.24, 2.45) is 5.92 Å². The van der Waals surface area contributed by atoms with E-state index in [1.165, 1.54) is 13.2 Å². The molecule has 0 aromatic rings. The van der Waals surface area contributed by atoms with Crippen molar-refractivity contribution >= 4 is 5.97 Å². The third-order valence-electron chi connectivity index (χ3n) is 2.07. The van der Waals surface area contributed by atoms with Crippen molar-refractivity contribution in [1.29, 1.82) is 5.26 Å². The summed E-state index contributed by atoms with van der Waals surface area (Å²) in [5.41, 5.74) is 0.921. The van der Waals surface area contributed by atoms with E-state index in [1.54, 1.807) is 0 Å². The van der Waals surface area contributed by atoms with Gasteiger partial charge >= 0.3 is 5.97 Å². The van der Waals surface area contributed by atoms with Crippen LogP contribution >= 0.6 is 0 Å². The number of allylic oxidation sites excluding steroid dienone is 1. The molecule has 1 rings (SSSR count). The fourth-order valence-corrected chi connectivity index (χ4v) is 1.40. The first-order chi connectivity index (χ1) is 5.77. The van der Waals surface area contributed by atoms with Gasteiger partial charge in [0.25, 0.3) is 0 Å². The highest BCUT2D eigenvalue weighted by Crippen LogP contribution is 2.30. The SMILES string of the molecule is COC(=O)C=C1CCCC1C#N. The summed E-state index contributed by atoms with van der Waals surface area (Å²) in [6.45, 7) is 0. The Morgan fingerprint density at radius 1 is 1.83 bits per heavy atom. The highest BCUT2D eigenvalue weighted by molar-refractivity contribution is 5.82. The highest BCUT2D eigenvalue weighted by atomic mass is 16.5. The predicted octanol–water partition coefficient (Wildman–Crippen LogP) is 1.41. The second-order valence-electron chi connectivity index (χ2n) is 2.82. The fraction of sp³-hybridized carbons (Fsp3) is 0.556. The van der Waals surface area contributed by atoms with Crippen molar-refractivity contribution in [3.8, 4) is 6.07 Å². The molecule has 0 radical (unpaired) electrons. The molecule has 0 aliphatic heterocycles. The molecule has 1 aliphatic rings. The van der Waals surface area contributed by atoms with E-state index in [9.17, 15) is 4.79 Å². The molecule has 0 saturated heterocycles. The Bertz CT molecular complexity index is 250. The molecule has 0 aromatic heterocycles. The quantitative estimate of drug-likeness (QED) is 0.436. The Morgan fingerprint density at radius 2 is 2.58 bits per heavy atom. The van der Waals surface area contributed by atoms with Crippen LogP contribution in [0.25, 0.3) is 0 Å². The molecular weight excluding hydrogens is 154 g/mol. The molecule has 1 aliphatic carbocycles. The fourth-order valence-electron chi connectivity index (χ4n) is 1.40. The van der Waals surface area contributed by atoms with Crippen LogP contribution in [-0.4, -0.2) is 13.1 Å². The summed E-state index contributed by atoms with van der Waals surface area (Å²) in [5, 5.41) is 8.68. The number of rotatable bonds is 1. The topological polar surface area (TPSA) is 50.1 Å². The first kappa shape index (κ1) is 8.79. The molecule has 0 bridgehead atoms. The number of esters is 1. The number of nitriles is 1.